The number of nitrogens with zero attached hydrogens (tertiary/aromatic N) is 5. The van der Waals surface area contributed by atoms with Crippen molar-refractivity contribution in [3.63, 3.8) is 0 Å². The third-order valence-electron chi connectivity index (χ3n) is 6.17. The van der Waals surface area contributed by atoms with Gasteiger partial charge in [0.1, 0.15) is 35.2 Å². The monoisotopic (exact) mass is 470 g/mol. The molecule has 9 heteroatoms. The zero-order valence-electron chi connectivity index (χ0n) is 19.4. The van der Waals surface area contributed by atoms with Gasteiger partial charge in [-0.3, -0.25) is 9.20 Å². The molecule has 1 amide bonds. The lowest BCUT2D eigenvalue weighted by Crippen LogP contribution is -2.29. The fraction of sp³-hybridized carbons (Fsp3) is 0.231. The Balaban J connectivity index is 1.43. The molecule has 1 aliphatic rings. The third kappa shape index (κ3) is 4.28. The first-order valence-corrected chi connectivity index (χ1v) is 11.4. The average molecular weight is 471 g/mol. The molecule has 0 unspecified atom stereocenters. The highest BCUT2D eigenvalue weighted by molar-refractivity contribution is 5.88. The van der Waals surface area contributed by atoms with Crippen molar-refractivity contribution in [2.45, 2.75) is 25.5 Å². The van der Waals surface area contributed by atoms with E-state index in [2.05, 4.69) is 16.5 Å². The summed E-state index contributed by atoms with van der Waals surface area (Å²) in [5.74, 6) is 2.30. The SMILES string of the molecule is C=CC(=O)N1CCC[C@H]1c1nc(-c2ccc(OCc3ccc(OC)cc3)nc2)c2c(N)nccn12. The molecule has 2 N–H and O–H groups in total. The number of nitrogens with two attached hydrogens (primary N) is 1. The highest BCUT2D eigenvalue weighted by atomic mass is 16.5. The summed E-state index contributed by atoms with van der Waals surface area (Å²) in [5.41, 5.74) is 9.41. The number of ether oxygens (including phenoxy) is 2. The normalized spacial score (nSPS) is 15.3. The number of hydrogen-bond acceptors (Lipinski definition) is 7. The second-order valence-corrected chi connectivity index (χ2v) is 8.27. The number of carbonyl (C=O) groups excluding carboxylic acids is 1. The van der Waals surface area contributed by atoms with Crippen LogP contribution in [0.1, 0.15) is 30.3 Å². The Kier molecular flexibility index (Phi) is 6.05. The highest BCUT2D eigenvalue weighted by Gasteiger charge is 2.33. The van der Waals surface area contributed by atoms with Crippen molar-refractivity contribution >= 4 is 17.2 Å². The number of methoxy groups -OCH3 is 1. The van der Waals surface area contributed by atoms with Crippen molar-refractivity contribution in [3.8, 4) is 22.9 Å². The molecule has 178 valence electrons. The van der Waals surface area contributed by atoms with Gasteiger partial charge in [-0.2, -0.15) is 0 Å². The Morgan fingerprint density at radius 1 is 1.23 bits per heavy atom. The largest absolute Gasteiger partial charge is 0.497 e. The molecule has 0 spiro atoms. The predicted molar refractivity (Wildman–Crippen MR) is 132 cm³/mol. The molecule has 5 rings (SSSR count). The van der Waals surface area contributed by atoms with Crippen LogP contribution in [0.5, 0.6) is 11.6 Å². The van der Waals surface area contributed by atoms with Crippen LogP contribution in [-0.2, 0) is 11.4 Å². The van der Waals surface area contributed by atoms with E-state index >= 15 is 0 Å². The van der Waals surface area contributed by atoms with Crippen LogP contribution in [0, 0.1) is 0 Å². The Hall–Kier alpha value is -4.40. The molecule has 1 atom stereocenters. The zero-order chi connectivity index (χ0) is 24.4. The lowest BCUT2D eigenvalue weighted by atomic mass is 10.2. The van der Waals surface area contributed by atoms with Gasteiger partial charge in [0.2, 0.25) is 11.8 Å². The molecule has 9 nitrogen and oxygen atoms in total. The van der Waals surface area contributed by atoms with E-state index in [-0.39, 0.29) is 11.9 Å². The summed E-state index contributed by atoms with van der Waals surface area (Å²) >= 11 is 0. The topological polar surface area (TPSA) is 108 Å². The van der Waals surface area contributed by atoms with E-state index in [4.69, 9.17) is 20.2 Å². The molecule has 0 radical (unpaired) electrons. The minimum Gasteiger partial charge on any atom is -0.497 e. The molecule has 1 aliphatic heterocycles. The summed E-state index contributed by atoms with van der Waals surface area (Å²) in [4.78, 5) is 27.9. The van der Waals surface area contributed by atoms with Crippen LogP contribution in [0.15, 0.2) is 67.6 Å². The third-order valence-corrected chi connectivity index (χ3v) is 6.17. The molecule has 3 aromatic heterocycles. The fourth-order valence-electron chi connectivity index (χ4n) is 4.42. The second kappa shape index (κ2) is 9.46. The quantitative estimate of drug-likeness (QED) is 0.409. The first-order valence-electron chi connectivity index (χ1n) is 11.4. The number of rotatable bonds is 7. The summed E-state index contributed by atoms with van der Waals surface area (Å²) < 4.78 is 12.9. The van der Waals surface area contributed by atoms with E-state index < -0.39 is 0 Å². The maximum absolute atomic E-state index is 12.4. The Morgan fingerprint density at radius 2 is 2.06 bits per heavy atom. The van der Waals surface area contributed by atoms with Gasteiger partial charge >= 0.3 is 0 Å². The van der Waals surface area contributed by atoms with Crippen molar-refractivity contribution in [1.82, 2.24) is 24.3 Å². The Morgan fingerprint density at radius 3 is 2.77 bits per heavy atom. The number of fused-ring (bicyclic) bond motifs is 1. The van der Waals surface area contributed by atoms with Gasteiger partial charge in [-0.25, -0.2) is 15.0 Å². The second-order valence-electron chi connectivity index (χ2n) is 8.27. The molecule has 1 fully saturated rings. The van der Waals surface area contributed by atoms with Gasteiger partial charge in [0.25, 0.3) is 0 Å². The van der Waals surface area contributed by atoms with Crippen LogP contribution < -0.4 is 15.2 Å². The standard InChI is InChI=1S/C26H26N6O3/c1-3-22(33)31-13-4-5-20(31)26-30-23(24-25(27)28-12-14-32(24)26)18-8-11-21(29-15-18)35-16-17-6-9-19(34-2)10-7-17/h3,6-12,14-15,20H,1,4-5,13,16H2,2H3,(H2,27,28)/t20-/m0/s1. The van der Waals surface area contributed by atoms with Crippen LogP contribution in [0.2, 0.25) is 0 Å². The lowest BCUT2D eigenvalue weighted by molar-refractivity contribution is -0.127. The summed E-state index contributed by atoms with van der Waals surface area (Å²) in [6.45, 7) is 4.70. The number of amides is 1. The van der Waals surface area contributed by atoms with Crippen molar-refractivity contribution in [2.24, 2.45) is 0 Å². The van der Waals surface area contributed by atoms with Crippen LogP contribution in [-0.4, -0.2) is 43.8 Å². The summed E-state index contributed by atoms with van der Waals surface area (Å²) in [5, 5.41) is 0. The van der Waals surface area contributed by atoms with Crippen molar-refractivity contribution < 1.29 is 14.3 Å². The molecule has 0 saturated carbocycles. The smallest absolute Gasteiger partial charge is 0.246 e. The summed E-state index contributed by atoms with van der Waals surface area (Å²) in [6.07, 6.45) is 8.24. The summed E-state index contributed by atoms with van der Waals surface area (Å²) in [6, 6.07) is 11.2. The van der Waals surface area contributed by atoms with Gasteiger partial charge < -0.3 is 20.1 Å². The number of carbonyl (C=O) groups is 1. The number of anilines is 1. The Bertz CT molecular complexity index is 1360. The number of nitrogen functional groups attached to an aromatic ring is 1. The first-order chi connectivity index (χ1) is 17.1. The Labute approximate surface area is 202 Å². The fourth-order valence-corrected chi connectivity index (χ4v) is 4.42. The van der Waals surface area contributed by atoms with Crippen LogP contribution >= 0.6 is 0 Å². The number of aromatic nitrogens is 4. The van der Waals surface area contributed by atoms with Gasteiger partial charge in [-0.1, -0.05) is 18.7 Å². The molecular weight excluding hydrogens is 444 g/mol. The van der Waals surface area contributed by atoms with Gasteiger partial charge in [-0.05, 0) is 42.7 Å². The number of benzene rings is 1. The molecular formula is C26H26N6O3. The van der Waals surface area contributed by atoms with Gasteiger partial charge in [0.15, 0.2) is 0 Å². The molecule has 35 heavy (non-hydrogen) atoms. The highest BCUT2D eigenvalue weighted by Crippen LogP contribution is 2.36. The van der Waals surface area contributed by atoms with Gasteiger partial charge in [0, 0.05) is 36.8 Å². The first kappa shape index (κ1) is 22.4. The average Bonchev–Trinajstić information content (AvgIpc) is 3.53. The maximum atomic E-state index is 12.4. The minimum atomic E-state index is -0.163. The molecule has 4 heterocycles. The van der Waals surface area contributed by atoms with Crippen molar-refractivity contribution in [3.05, 3.63) is 79.0 Å². The molecule has 1 saturated heterocycles. The van der Waals surface area contributed by atoms with E-state index in [1.165, 1.54) is 6.08 Å². The number of likely N-dealkylation sites (tertiary alicyclic amines) is 1. The van der Waals surface area contributed by atoms with E-state index in [9.17, 15) is 4.79 Å². The van der Waals surface area contributed by atoms with E-state index in [0.29, 0.717) is 36.1 Å². The summed E-state index contributed by atoms with van der Waals surface area (Å²) in [7, 11) is 1.64. The predicted octanol–water partition coefficient (Wildman–Crippen LogP) is 3.81. The molecule has 0 aliphatic carbocycles. The number of hydrogen-bond donors (Lipinski definition) is 1. The maximum Gasteiger partial charge on any atom is 0.246 e. The lowest BCUT2D eigenvalue weighted by Gasteiger charge is -2.22. The van der Waals surface area contributed by atoms with Gasteiger partial charge in [0.05, 0.1) is 13.2 Å². The number of imidazole rings is 1. The van der Waals surface area contributed by atoms with Crippen molar-refractivity contribution in [2.75, 3.05) is 19.4 Å². The number of pyridine rings is 1. The van der Waals surface area contributed by atoms with E-state index in [0.717, 1.165) is 35.5 Å². The van der Waals surface area contributed by atoms with Crippen molar-refractivity contribution in [1.29, 1.82) is 0 Å². The van der Waals surface area contributed by atoms with E-state index in [1.54, 1.807) is 30.5 Å². The molecule has 1 aromatic carbocycles. The van der Waals surface area contributed by atoms with E-state index in [1.807, 2.05) is 40.9 Å². The molecule has 0 bridgehead atoms. The van der Waals surface area contributed by atoms with Gasteiger partial charge in [-0.15, -0.1) is 0 Å². The van der Waals surface area contributed by atoms with Crippen LogP contribution in [0.3, 0.4) is 0 Å². The minimum absolute atomic E-state index is 0.104. The van der Waals surface area contributed by atoms with Crippen LogP contribution in [0.25, 0.3) is 16.8 Å². The molecule has 4 aromatic rings. The zero-order valence-corrected chi connectivity index (χ0v) is 19.4. The van der Waals surface area contributed by atoms with Crippen LogP contribution in [0.4, 0.5) is 5.82 Å².